The summed E-state index contributed by atoms with van der Waals surface area (Å²) in [6.07, 6.45) is 3.14. The molecule has 0 atom stereocenters. The number of hydrogen-bond acceptors (Lipinski definition) is 2. The highest BCUT2D eigenvalue weighted by Gasteiger charge is 2.06. The van der Waals surface area contributed by atoms with Crippen LogP contribution >= 0.6 is 11.6 Å². The van der Waals surface area contributed by atoms with Crippen LogP contribution in [0.5, 0.6) is 0 Å². The van der Waals surface area contributed by atoms with Crippen LogP contribution in [0.2, 0.25) is 5.02 Å². The van der Waals surface area contributed by atoms with Crippen LogP contribution in [0.3, 0.4) is 0 Å². The molecule has 2 rings (SSSR count). The first kappa shape index (κ1) is 12.4. The summed E-state index contributed by atoms with van der Waals surface area (Å²) in [7, 11) is 0. The van der Waals surface area contributed by atoms with Crippen LogP contribution < -0.4 is 10.7 Å². The van der Waals surface area contributed by atoms with E-state index in [0.29, 0.717) is 5.02 Å². The molecule has 0 aliphatic carbocycles. The smallest absolute Gasteiger partial charge is 0.228 e. The second kappa shape index (κ2) is 5.51. The van der Waals surface area contributed by atoms with Crippen LogP contribution in [0, 0.1) is 0 Å². The molecule has 1 aromatic carbocycles. The Hall–Kier alpha value is -2.07. The Morgan fingerprint density at radius 1 is 1.33 bits per heavy atom. The number of halogens is 1. The third-order valence-corrected chi connectivity index (χ3v) is 2.59. The SMILES string of the molecule is O=C(Cc1cccc(Cl)c1)Nc1c[nH]ccc1=O. The normalized spacial score (nSPS) is 10.1. The van der Waals surface area contributed by atoms with Crippen molar-refractivity contribution < 1.29 is 4.79 Å². The summed E-state index contributed by atoms with van der Waals surface area (Å²) in [5.74, 6) is -0.256. The van der Waals surface area contributed by atoms with Gasteiger partial charge in [0, 0.05) is 23.5 Å². The number of H-pyrrole nitrogens is 1. The lowest BCUT2D eigenvalue weighted by molar-refractivity contribution is -0.115. The minimum Gasteiger partial charge on any atom is -0.366 e. The number of anilines is 1. The van der Waals surface area contributed by atoms with E-state index >= 15 is 0 Å². The van der Waals surface area contributed by atoms with Gasteiger partial charge in [0.15, 0.2) is 0 Å². The highest BCUT2D eigenvalue weighted by molar-refractivity contribution is 6.30. The van der Waals surface area contributed by atoms with Gasteiger partial charge in [0.05, 0.1) is 6.42 Å². The van der Waals surface area contributed by atoms with Crippen LogP contribution in [-0.4, -0.2) is 10.9 Å². The fourth-order valence-electron chi connectivity index (χ4n) is 1.54. The van der Waals surface area contributed by atoms with Gasteiger partial charge in [-0.1, -0.05) is 23.7 Å². The Balaban J connectivity index is 2.06. The van der Waals surface area contributed by atoms with Crippen molar-refractivity contribution in [3.8, 4) is 0 Å². The molecule has 5 heteroatoms. The minimum atomic E-state index is -0.256. The zero-order chi connectivity index (χ0) is 13.0. The van der Waals surface area contributed by atoms with Crippen molar-refractivity contribution in [3.63, 3.8) is 0 Å². The molecule has 0 saturated carbocycles. The minimum absolute atomic E-state index is 0.175. The van der Waals surface area contributed by atoms with Crippen molar-refractivity contribution >= 4 is 23.2 Å². The van der Waals surface area contributed by atoms with Gasteiger partial charge < -0.3 is 10.3 Å². The fourth-order valence-corrected chi connectivity index (χ4v) is 1.75. The third kappa shape index (κ3) is 3.21. The molecular formula is C13H11ClN2O2. The molecule has 2 N–H and O–H groups in total. The van der Waals surface area contributed by atoms with Gasteiger partial charge in [0.25, 0.3) is 0 Å². The molecular weight excluding hydrogens is 252 g/mol. The van der Waals surface area contributed by atoms with Crippen LogP contribution in [0.1, 0.15) is 5.56 Å². The lowest BCUT2D eigenvalue weighted by Gasteiger charge is -2.04. The molecule has 0 radical (unpaired) electrons. The summed E-state index contributed by atoms with van der Waals surface area (Å²) in [5.41, 5.74) is 0.810. The summed E-state index contributed by atoms with van der Waals surface area (Å²) in [4.78, 5) is 25.9. The summed E-state index contributed by atoms with van der Waals surface area (Å²) >= 11 is 5.83. The fraction of sp³-hybridized carbons (Fsp3) is 0.0769. The summed E-state index contributed by atoms with van der Waals surface area (Å²) < 4.78 is 0. The van der Waals surface area contributed by atoms with E-state index in [1.54, 1.807) is 24.3 Å². The van der Waals surface area contributed by atoms with E-state index in [9.17, 15) is 9.59 Å². The molecule has 1 heterocycles. The van der Waals surface area contributed by atoms with E-state index in [2.05, 4.69) is 10.3 Å². The Morgan fingerprint density at radius 2 is 2.17 bits per heavy atom. The van der Waals surface area contributed by atoms with Crippen molar-refractivity contribution in [2.75, 3.05) is 5.32 Å². The number of aromatic nitrogens is 1. The second-order valence-electron chi connectivity index (χ2n) is 3.78. The second-order valence-corrected chi connectivity index (χ2v) is 4.21. The Labute approximate surface area is 109 Å². The van der Waals surface area contributed by atoms with Gasteiger partial charge in [-0.05, 0) is 17.7 Å². The topological polar surface area (TPSA) is 62.0 Å². The number of hydrogen-bond donors (Lipinski definition) is 2. The van der Waals surface area contributed by atoms with Gasteiger partial charge in [-0.15, -0.1) is 0 Å². The number of amides is 1. The first-order chi connectivity index (χ1) is 8.65. The average molecular weight is 263 g/mol. The maximum Gasteiger partial charge on any atom is 0.228 e. The van der Waals surface area contributed by atoms with Crippen molar-refractivity contribution in [2.24, 2.45) is 0 Å². The van der Waals surface area contributed by atoms with Crippen molar-refractivity contribution in [1.82, 2.24) is 4.98 Å². The monoisotopic (exact) mass is 262 g/mol. The zero-order valence-electron chi connectivity index (χ0n) is 9.44. The Morgan fingerprint density at radius 3 is 2.89 bits per heavy atom. The molecule has 4 nitrogen and oxygen atoms in total. The third-order valence-electron chi connectivity index (χ3n) is 2.35. The van der Waals surface area contributed by atoms with Gasteiger partial charge in [-0.25, -0.2) is 0 Å². The molecule has 1 amide bonds. The number of pyridine rings is 1. The molecule has 0 spiro atoms. The molecule has 0 saturated heterocycles. The van der Waals surface area contributed by atoms with Crippen molar-refractivity contribution in [2.45, 2.75) is 6.42 Å². The lowest BCUT2D eigenvalue weighted by atomic mass is 10.1. The molecule has 0 aliphatic heterocycles. The van der Waals surface area contributed by atoms with E-state index < -0.39 is 0 Å². The molecule has 0 unspecified atom stereocenters. The van der Waals surface area contributed by atoms with Gasteiger partial charge >= 0.3 is 0 Å². The zero-order valence-corrected chi connectivity index (χ0v) is 10.2. The number of nitrogens with one attached hydrogen (secondary N) is 2. The molecule has 0 aliphatic rings. The van der Waals surface area contributed by atoms with Crippen LogP contribution in [-0.2, 0) is 11.2 Å². The van der Waals surface area contributed by atoms with Gasteiger partial charge in [-0.3, -0.25) is 9.59 Å². The van der Waals surface area contributed by atoms with E-state index in [4.69, 9.17) is 11.6 Å². The summed E-state index contributed by atoms with van der Waals surface area (Å²) in [6.45, 7) is 0. The van der Waals surface area contributed by atoms with E-state index in [1.165, 1.54) is 18.5 Å². The number of carbonyl (C=O) groups excluding carboxylic acids is 1. The summed E-state index contributed by atoms with van der Waals surface area (Å²) in [5, 5.41) is 3.13. The van der Waals surface area contributed by atoms with Crippen LogP contribution in [0.4, 0.5) is 5.69 Å². The Bertz CT molecular complexity index is 622. The predicted molar refractivity (Wildman–Crippen MR) is 70.8 cm³/mol. The summed E-state index contributed by atoms with van der Waals surface area (Å²) in [6, 6.07) is 8.40. The Kier molecular flexibility index (Phi) is 3.79. The maximum absolute atomic E-state index is 11.7. The van der Waals surface area contributed by atoms with Gasteiger partial charge in [0.1, 0.15) is 5.69 Å². The number of aromatic amines is 1. The average Bonchev–Trinajstić information content (AvgIpc) is 2.32. The lowest BCUT2D eigenvalue weighted by Crippen LogP contribution is -2.19. The van der Waals surface area contributed by atoms with Crippen molar-refractivity contribution in [1.29, 1.82) is 0 Å². The number of carbonyl (C=O) groups is 1. The van der Waals surface area contributed by atoms with Gasteiger partial charge in [0.2, 0.25) is 11.3 Å². The molecule has 1 aromatic heterocycles. The number of benzene rings is 1. The van der Waals surface area contributed by atoms with E-state index in [1.807, 2.05) is 0 Å². The molecule has 18 heavy (non-hydrogen) atoms. The first-order valence-corrected chi connectivity index (χ1v) is 5.74. The van der Waals surface area contributed by atoms with Crippen LogP contribution in [0.25, 0.3) is 0 Å². The molecule has 92 valence electrons. The first-order valence-electron chi connectivity index (χ1n) is 5.36. The highest BCUT2D eigenvalue weighted by atomic mass is 35.5. The predicted octanol–water partition coefficient (Wildman–Crippen LogP) is 2.21. The molecule has 0 fully saturated rings. The van der Waals surface area contributed by atoms with Crippen LogP contribution in [0.15, 0.2) is 47.5 Å². The quantitative estimate of drug-likeness (QED) is 0.891. The molecule has 0 bridgehead atoms. The maximum atomic E-state index is 11.7. The van der Waals surface area contributed by atoms with E-state index in [0.717, 1.165) is 5.56 Å². The van der Waals surface area contributed by atoms with Gasteiger partial charge in [-0.2, -0.15) is 0 Å². The van der Waals surface area contributed by atoms with Crippen molar-refractivity contribution in [3.05, 3.63) is 63.5 Å². The highest BCUT2D eigenvalue weighted by Crippen LogP contribution is 2.11. The largest absolute Gasteiger partial charge is 0.366 e. The van der Waals surface area contributed by atoms with E-state index in [-0.39, 0.29) is 23.4 Å². The molecule has 2 aromatic rings. The standard InChI is InChI=1S/C13H11ClN2O2/c14-10-3-1-2-9(6-10)7-13(18)16-11-8-15-5-4-12(11)17/h1-6,8H,7H2,(H,15,17)(H,16,18). The number of rotatable bonds is 3.